The average molecular weight is 262 g/mol. The Hall–Kier alpha value is -0.260. The van der Waals surface area contributed by atoms with Gasteiger partial charge in [0.05, 0.1) is 0 Å². The first-order chi connectivity index (χ1) is 8.15. The Morgan fingerprint density at radius 3 is 2.47 bits per heavy atom. The topological polar surface area (TPSA) is 52.6 Å². The first kappa shape index (κ1) is 16.7. The summed E-state index contributed by atoms with van der Waals surface area (Å²) in [4.78, 5) is 13.3. The van der Waals surface area contributed by atoms with Crippen molar-refractivity contribution >= 4 is 17.7 Å². The molecule has 0 heterocycles. The summed E-state index contributed by atoms with van der Waals surface area (Å²) in [7, 11) is 0. The van der Waals surface area contributed by atoms with E-state index in [1.54, 1.807) is 11.8 Å². The fourth-order valence-electron chi connectivity index (χ4n) is 1.60. The van der Waals surface area contributed by atoms with Crippen LogP contribution in [0.25, 0.3) is 0 Å². The zero-order valence-corrected chi connectivity index (χ0v) is 12.1. The Morgan fingerprint density at radius 2 is 2.00 bits per heavy atom. The summed E-state index contributed by atoms with van der Waals surface area (Å²) >= 11 is 1.79. The molecule has 1 atom stereocenters. The summed E-state index contributed by atoms with van der Waals surface area (Å²) < 4.78 is 0. The number of likely N-dealkylation sites (N-methyl/N-ethyl adjacent to an activating group) is 1. The monoisotopic (exact) mass is 262 g/mol. The van der Waals surface area contributed by atoms with Gasteiger partial charge >= 0.3 is 5.97 Å². The van der Waals surface area contributed by atoms with Gasteiger partial charge in [0.25, 0.3) is 0 Å². The van der Waals surface area contributed by atoms with Crippen molar-refractivity contribution in [1.82, 2.24) is 10.2 Å². The molecular weight excluding hydrogens is 236 g/mol. The van der Waals surface area contributed by atoms with E-state index >= 15 is 0 Å². The fourth-order valence-corrected chi connectivity index (χ4v) is 2.29. The molecule has 0 rings (SSSR count). The van der Waals surface area contributed by atoms with Crippen molar-refractivity contribution in [2.45, 2.75) is 33.2 Å². The molecule has 0 aliphatic rings. The second-order valence-corrected chi connectivity index (χ2v) is 5.25. The smallest absolute Gasteiger partial charge is 0.320 e. The Morgan fingerprint density at radius 1 is 1.35 bits per heavy atom. The molecule has 4 nitrogen and oxygen atoms in total. The highest BCUT2D eigenvalue weighted by molar-refractivity contribution is 7.99. The van der Waals surface area contributed by atoms with Gasteiger partial charge in [-0.3, -0.25) is 4.79 Å². The lowest BCUT2D eigenvalue weighted by Crippen LogP contribution is -2.41. The molecule has 0 spiro atoms. The highest BCUT2D eigenvalue weighted by atomic mass is 32.2. The number of hydrogen-bond donors (Lipinski definition) is 2. The van der Waals surface area contributed by atoms with Gasteiger partial charge in [0, 0.05) is 13.1 Å². The molecule has 102 valence electrons. The molecule has 0 aliphatic carbocycles. The second kappa shape index (κ2) is 10.9. The lowest BCUT2D eigenvalue weighted by molar-refractivity contribution is -0.139. The van der Waals surface area contributed by atoms with Gasteiger partial charge in [-0.15, -0.1) is 0 Å². The molecule has 0 aromatic carbocycles. The van der Waals surface area contributed by atoms with Crippen molar-refractivity contribution < 1.29 is 9.90 Å². The van der Waals surface area contributed by atoms with Gasteiger partial charge < -0.3 is 15.3 Å². The summed E-state index contributed by atoms with van der Waals surface area (Å²) in [5.74, 6) is 1.22. The van der Waals surface area contributed by atoms with Gasteiger partial charge in [0.2, 0.25) is 0 Å². The number of carbonyl (C=O) groups is 1. The first-order valence-corrected chi connectivity index (χ1v) is 7.57. The minimum absolute atomic E-state index is 0.399. The van der Waals surface area contributed by atoms with E-state index in [2.05, 4.69) is 31.0 Å². The Kier molecular flexibility index (Phi) is 10.7. The minimum atomic E-state index is -0.735. The zero-order valence-electron chi connectivity index (χ0n) is 11.2. The highest BCUT2D eigenvalue weighted by Crippen LogP contribution is 2.04. The maximum atomic E-state index is 11.0. The number of rotatable bonds is 11. The summed E-state index contributed by atoms with van der Waals surface area (Å²) in [6, 6.07) is -0.399. The van der Waals surface area contributed by atoms with Crippen LogP contribution in [-0.4, -0.2) is 59.7 Å². The SMILES string of the molecule is CCSCCC(NCCN(CC)CC)C(=O)O. The third-order valence-corrected chi connectivity index (χ3v) is 3.70. The predicted molar refractivity (Wildman–Crippen MR) is 74.8 cm³/mol. The molecule has 5 heteroatoms. The van der Waals surface area contributed by atoms with Gasteiger partial charge in [0.1, 0.15) is 6.04 Å². The molecule has 0 aliphatic heterocycles. The molecule has 2 N–H and O–H groups in total. The van der Waals surface area contributed by atoms with E-state index in [4.69, 9.17) is 5.11 Å². The lowest BCUT2D eigenvalue weighted by atomic mass is 10.2. The van der Waals surface area contributed by atoms with Crippen LogP contribution in [0.2, 0.25) is 0 Å². The number of carboxylic acids is 1. The molecule has 0 bridgehead atoms. The van der Waals surface area contributed by atoms with Crippen LogP contribution in [0, 0.1) is 0 Å². The van der Waals surface area contributed by atoms with Crippen LogP contribution in [0.4, 0.5) is 0 Å². The van der Waals surface area contributed by atoms with Gasteiger partial charge in [-0.1, -0.05) is 20.8 Å². The van der Waals surface area contributed by atoms with E-state index in [0.717, 1.165) is 37.7 Å². The van der Waals surface area contributed by atoms with E-state index in [9.17, 15) is 4.79 Å². The summed E-state index contributed by atoms with van der Waals surface area (Å²) in [5, 5.41) is 12.2. The van der Waals surface area contributed by atoms with Gasteiger partial charge in [0.15, 0.2) is 0 Å². The molecule has 0 radical (unpaired) electrons. The van der Waals surface area contributed by atoms with E-state index < -0.39 is 12.0 Å². The van der Waals surface area contributed by atoms with Crippen LogP contribution in [0.5, 0.6) is 0 Å². The molecule has 0 aromatic rings. The van der Waals surface area contributed by atoms with E-state index in [-0.39, 0.29) is 0 Å². The fraction of sp³-hybridized carbons (Fsp3) is 0.917. The minimum Gasteiger partial charge on any atom is -0.480 e. The Balaban J connectivity index is 3.80. The first-order valence-electron chi connectivity index (χ1n) is 6.41. The molecule has 1 unspecified atom stereocenters. The number of aliphatic carboxylic acids is 1. The molecular formula is C12H26N2O2S. The number of nitrogens with zero attached hydrogens (tertiary/aromatic N) is 1. The van der Waals surface area contributed by atoms with Crippen molar-refractivity contribution in [3.63, 3.8) is 0 Å². The maximum Gasteiger partial charge on any atom is 0.320 e. The van der Waals surface area contributed by atoms with Gasteiger partial charge in [-0.25, -0.2) is 0 Å². The molecule has 0 saturated heterocycles. The van der Waals surface area contributed by atoms with Crippen molar-refractivity contribution in [3.8, 4) is 0 Å². The lowest BCUT2D eigenvalue weighted by Gasteiger charge is -2.20. The van der Waals surface area contributed by atoms with E-state index in [0.29, 0.717) is 6.42 Å². The third-order valence-electron chi connectivity index (χ3n) is 2.77. The standard InChI is InChI=1S/C12H26N2O2S/c1-4-14(5-2)9-8-13-11(12(15)16)7-10-17-6-3/h11,13H,4-10H2,1-3H3,(H,15,16). The quantitative estimate of drug-likeness (QED) is 0.553. The van der Waals surface area contributed by atoms with Crippen LogP contribution in [0.3, 0.4) is 0 Å². The number of carboxylic acid groups (broad SMARTS) is 1. The average Bonchev–Trinajstić information content (AvgIpc) is 2.32. The van der Waals surface area contributed by atoms with Crippen LogP contribution in [0.15, 0.2) is 0 Å². The van der Waals surface area contributed by atoms with Crippen LogP contribution in [-0.2, 0) is 4.79 Å². The molecule has 0 aromatic heterocycles. The molecule has 17 heavy (non-hydrogen) atoms. The summed E-state index contributed by atoms with van der Waals surface area (Å²) in [5.41, 5.74) is 0. The Bertz CT molecular complexity index is 199. The van der Waals surface area contributed by atoms with Crippen molar-refractivity contribution in [2.24, 2.45) is 0 Å². The van der Waals surface area contributed by atoms with Gasteiger partial charge in [-0.2, -0.15) is 11.8 Å². The molecule has 0 saturated carbocycles. The number of nitrogens with one attached hydrogen (secondary N) is 1. The summed E-state index contributed by atoms with van der Waals surface area (Å²) in [6.45, 7) is 10.0. The zero-order chi connectivity index (χ0) is 13.1. The van der Waals surface area contributed by atoms with Crippen molar-refractivity contribution in [2.75, 3.05) is 37.7 Å². The summed E-state index contributed by atoms with van der Waals surface area (Å²) in [6.07, 6.45) is 0.700. The van der Waals surface area contributed by atoms with E-state index in [1.165, 1.54) is 0 Å². The molecule has 0 fully saturated rings. The highest BCUT2D eigenvalue weighted by Gasteiger charge is 2.15. The maximum absolute atomic E-state index is 11.0. The van der Waals surface area contributed by atoms with Crippen molar-refractivity contribution in [1.29, 1.82) is 0 Å². The largest absolute Gasteiger partial charge is 0.480 e. The van der Waals surface area contributed by atoms with Crippen LogP contribution in [0.1, 0.15) is 27.2 Å². The van der Waals surface area contributed by atoms with Crippen LogP contribution < -0.4 is 5.32 Å². The predicted octanol–water partition coefficient (Wildman–Crippen LogP) is 1.51. The van der Waals surface area contributed by atoms with Crippen LogP contribution >= 0.6 is 11.8 Å². The number of hydrogen-bond acceptors (Lipinski definition) is 4. The molecule has 0 amide bonds. The number of thioether (sulfide) groups is 1. The van der Waals surface area contributed by atoms with Gasteiger partial charge in [-0.05, 0) is 31.0 Å². The second-order valence-electron chi connectivity index (χ2n) is 3.86. The third kappa shape index (κ3) is 8.46. The van der Waals surface area contributed by atoms with Crippen molar-refractivity contribution in [3.05, 3.63) is 0 Å². The Labute approximate surface area is 109 Å². The van der Waals surface area contributed by atoms with E-state index in [1.807, 2.05) is 0 Å². The normalized spacial score (nSPS) is 12.9.